The topological polar surface area (TPSA) is 91.4 Å². The number of carboxylic acids is 1. The number of amides is 1. The fourth-order valence-electron chi connectivity index (χ4n) is 3.15. The van der Waals surface area contributed by atoms with Crippen LogP contribution >= 0.6 is 0 Å². The molecule has 0 aliphatic carbocycles. The Kier molecular flexibility index (Phi) is 4.35. The Morgan fingerprint density at radius 1 is 1.32 bits per heavy atom. The van der Waals surface area contributed by atoms with E-state index < -0.39 is 5.97 Å². The lowest BCUT2D eigenvalue weighted by Gasteiger charge is -2.03. The van der Waals surface area contributed by atoms with Crippen molar-refractivity contribution in [2.75, 3.05) is 12.4 Å². The van der Waals surface area contributed by atoms with Crippen LogP contribution < -0.4 is 10.1 Å². The van der Waals surface area contributed by atoms with Crippen molar-refractivity contribution >= 4 is 29.2 Å². The molecule has 2 aromatic rings. The predicted octanol–water partition coefficient (Wildman–Crippen LogP) is 3.15. The fourth-order valence-corrected chi connectivity index (χ4v) is 3.15. The van der Waals surface area contributed by atoms with E-state index in [2.05, 4.69) is 10.3 Å². The van der Waals surface area contributed by atoms with Gasteiger partial charge in [-0.3, -0.25) is 9.59 Å². The Labute approximate surface area is 145 Å². The minimum absolute atomic E-state index is 0.0820. The van der Waals surface area contributed by atoms with E-state index in [1.807, 2.05) is 32.1 Å². The number of anilines is 1. The number of ether oxygens (including phenoxy) is 1. The molecule has 2 heterocycles. The van der Waals surface area contributed by atoms with E-state index >= 15 is 0 Å². The molecule has 130 valence electrons. The molecule has 1 aliphatic heterocycles. The molecule has 6 nitrogen and oxygen atoms in total. The van der Waals surface area contributed by atoms with Crippen molar-refractivity contribution in [3.8, 4) is 5.75 Å². The number of H-pyrrole nitrogens is 1. The van der Waals surface area contributed by atoms with Gasteiger partial charge in [0.1, 0.15) is 5.75 Å². The van der Waals surface area contributed by atoms with Gasteiger partial charge in [0.25, 0.3) is 5.91 Å². The van der Waals surface area contributed by atoms with Crippen LogP contribution in [0.2, 0.25) is 0 Å². The van der Waals surface area contributed by atoms with Crippen LogP contribution in [0.1, 0.15) is 34.5 Å². The standard InChI is InChI=1S/C19H20N2O4/c1-10-13(6-7-18(22)23)11(2)20-16(10)9-15-14-5-4-12(25-3)8-17(14)21-19(15)24/h4-5,8-9,20H,6-7H2,1-3H3,(H,21,24)(H,22,23)/b15-9+. The van der Waals surface area contributed by atoms with Gasteiger partial charge < -0.3 is 20.1 Å². The number of hydrogen-bond donors (Lipinski definition) is 3. The highest BCUT2D eigenvalue weighted by atomic mass is 16.5. The summed E-state index contributed by atoms with van der Waals surface area (Å²) < 4.78 is 5.19. The van der Waals surface area contributed by atoms with Crippen molar-refractivity contribution in [3.05, 3.63) is 46.3 Å². The van der Waals surface area contributed by atoms with Crippen molar-refractivity contribution in [2.45, 2.75) is 26.7 Å². The summed E-state index contributed by atoms with van der Waals surface area (Å²) in [5.41, 5.74) is 5.84. The van der Waals surface area contributed by atoms with Crippen molar-refractivity contribution in [1.29, 1.82) is 0 Å². The van der Waals surface area contributed by atoms with Gasteiger partial charge in [0, 0.05) is 29.4 Å². The Morgan fingerprint density at radius 2 is 2.08 bits per heavy atom. The van der Waals surface area contributed by atoms with Crippen LogP contribution in [0.3, 0.4) is 0 Å². The van der Waals surface area contributed by atoms with E-state index in [4.69, 9.17) is 9.84 Å². The first-order chi connectivity index (χ1) is 11.9. The number of fused-ring (bicyclic) bond motifs is 1. The molecule has 6 heteroatoms. The van der Waals surface area contributed by atoms with Gasteiger partial charge in [-0.1, -0.05) is 0 Å². The van der Waals surface area contributed by atoms with E-state index in [-0.39, 0.29) is 12.3 Å². The molecular weight excluding hydrogens is 320 g/mol. The molecule has 0 radical (unpaired) electrons. The first-order valence-electron chi connectivity index (χ1n) is 8.02. The number of benzene rings is 1. The van der Waals surface area contributed by atoms with Crippen molar-refractivity contribution in [1.82, 2.24) is 4.98 Å². The highest BCUT2D eigenvalue weighted by molar-refractivity contribution is 6.35. The second-order valence-electron chi connectivity index (χ2n) is 6.08. The highest BCUT2D eigenvalue weighted by Gasteiger charge is 2.25. The Balaban J connectivity index is 1.98. The van der Waals surface area contributed by atoms with Gasteiger partial charge in [-0.25, -0.2) is 0 Å². The maximum Gasteiger partial charge on any atom is 0.303 e. The molecule has 3 rings (SSSR count). The number of carbonyl (C=O) groups is 2. The largest absolute Gasteiger partial charge is 0.497 e. The average Bonchev–Trinajstić information content (AvgIpc) is 3.02. The van der Waals surface area contributed by atoms with Crippen LogP contribution in [-0.2, 0) is 16.0 Å². The number of aromatic amines is 1. The van der Waals surface area contributed by atoms with E-state index in [9.17, 15) is 9.59 Å². The number of carbonyl (C=O) groups excluding carboxylic acids is 1. The third kappa shape index (κ3) is 3.15. The summed E-state index contributed by atoms with van der Waals surface area (Å²) in [5, 5.41) is 11.7. The van der Waals surface area contributed by atoms with Crippen LogP contribution in [0.15, 0.2) is 18.2 Å². The lowest BCUT2D eigenvalue weighted by atomic mass is 10.0. The van der Waals surface area contributed by atoms with Crippen LogP contribution in [0.4, 0.5) is 5.69 Å². The molecule has 0 saturated heterocycles. The summed E-state index contributed by atoms with van der Waals surface area (Å²) in [6.07, 6.45) is 2.37. The molecule has 0 saturated carbocycles. The van der Waals surface area contributed by atoms with E-state index in [0.717, 1.165) is 33.8 Å². The average molecular weight is 340 g/mol. The lowest BCUT2D eigenvalue weighted by Crippen LogP contribution is -2.03. The summed E-state index contributed by atoms with van der Waals surface area (Å²) in [7, 11) is 1.58. The van der Waals surface area contributed by atoms with Gasteiger partial charge in [-0.05, 0) is 49.6 Å². The number of nitrogens with one attached hydrogen (secondary N) is 2. The fraction of sp³-hybridized carbons (Fsp3) is 0.263. The van der Waals surface area contributed by atoms with E-state index in [1.54, 1.807) is 13.2 Å². The molecule has 0 unspecified atom stereocenters. The summed E-state index contributed by atoms with van der Waals surface area (Å²) >= 11 is 0. The van der Waals surface area contributed by atoms with Gasteiger partial charge in [-0.15, -0.1) is 0 Å². The van der Waals surface area contributed by atoms with Crippen LogP contribution in [0.5, 0.6) is 5.75 Å². The number of carboxylic acid groups (broad SMARTS) is 1. The number of aromatic nitrogens is 1. The van der Waals surface area contributed by atoms with Gasteiger partial charge in [-0.2, -0.15) is 0 Å². The van der Waals surface area contributed by atoms with Gasteiger partial charge in [0.05, 0.1) is 18.4 Å². The smallest absolute Gasteiger partial charge is 0.303 e. The lowest BCUT2D eigenvalue weighted by molar-refractivity contribution is -0.137. The molecular formula is C19H20N2O4. The summed E-state index contributed by atoms with van der Waals surface area (Å²) in [6.45, 7) is 3.86. The monoisotopic (exact) mass is 340 g/mol. The van der Waals surface area contributed by atoms with Crippen molar-refractivity contribution in [3.63, 3.8) is 0 Å². The molecule has 3 N–H and O–H groups in total. The Hall–Kier alpha value is -3.02. The van der Waals surface area contributed by atoms with Gasteiger partial charge in [0.15, 0.2) is 0 Å². The van der Waals surface area contributed by atoms with Gasteiger partial charge >= 0.3 is 5.97 Å². The molecule has 1 amide bonds. The van der Waals surface area contributed by atoms with Crippen LogP contribution in [0.25, 0.3) is 11.6 Å². The molecule has 0 atom stereocenters. The second kappa shape index (κ2) is 6.47. The van der Waals surface area contributed by atoms with Crippen molar-refractivity contribution < 1.29 is 19.4 Å². The summed E-state index contributed by atoms with van der Waals surface area (Å²) in [6, 6.07) is 5.46. The van der Waals surface area contributed by atoms with Crippen LogP contribution in [0, 0.1) is 13.8 Å². The first-order valence-corrected chi connectivity index (χ1v) is 8.02. The molecule has 0 bridgehead atoms. The molecule has 1 aromatic carbocycles. The number of aliphatic carboxylic acids is 1. The second-order valence-corrected chi connectivity index (χ2v) is 6.08. The quantitative estimate of drug-likeness (QED) is 0.729. The number of aryl methyl sites for hydroxylation is 1. The van der Waals surface area contributed by atoms with Gasteiger partial charge in [0.2, 0.25) is 0 Å². The number of methoxy groups -OCH3 is 1. The van der Waals surface area contributed by atoms with E-state index in [1.165, 1.54) is 0 Å². The molecule has 25 heavy (non-hydrogen) atoms. The zero-order valence-corrected chi connectivity index (χ0v) is 14.4. The first kappa shape index (κ1) is 16.8. The minimum Gasteiger partial charge on any atom is -0.497 e. The third-order valence-electron chi connectivity index (χ3n) is 4.52. The number of hydrogen-bond acceptors (Lipinski definition) is 3. The van der Waals surface area contributed by atoms with E-state index in [0.29, 0.717) is 17.7 Å². The summed E-state index contributed by atoms with van der Waals surface area (Å²) in [5.74, 6) is -0.303. The molecule has 0 spiro atoms. The zero-order valence-electron chi connectivity index (χ0n) is 14.4. The Bertz CT molecular complexity index is 893. The molecule has 1 aromatic heterocycles. The predicted molar refractivity (Wildman–Crippen MR) is 95.7 cm³/mol. The van der Waals surface area contributed by atoms with Crippen molar-refractivity contribution in [2.24, 2.45) is 0 Å². The SMILES string of the molecule is COc1ccc2c(c1)NC(=O)/C2=C/c1[nH]c(C)c(CCC(=O)O)c1C. The third-order valence-corrected chi connectivity index (χ3v) is 4.52. The summed E-state index contributed by atoms with van der Waals surface area (Å²) in [4.78, 5) is 26.4. The normalized spacial score (nSPS) is 14.5. The molecule has 0 fully saturated rings. The number of rotatable bonds is 5. The maximum absolute atomic E-state index is 12.3. The van der Waals surface area contributed by atoms with Crippen LogP contribution in [-0.4, -0.2) is 29.1 Å². The molecule has 1 aliphatic rings. The maximum atomic E-state index is 12.3. The Morgan fingerprint density at radius 3 is 2.76 bits per heavy atom. The minimum atomic E-state index is -0.821. The zero-order chi connectivity index (χ0) is 18.1. The highest BCUT2D eigenvalue weighted by Crippen LogP contribution is 2.36.